The molecule has 0 heterocycles. The van der Waals surface area contributed by atoms with Crippen LogP contribution >= 0.6 is 0 Å². The standard InChI is InChI=1S/C50H50N2O2.C36H38N2O2/c1-9-37(11-10-36(2)3)38-12-20-42(21-13-38)51(45-26-18-41(19-27-45)50(4,5)6)43-22-14-39(15-23-43)40-16-24-44(25-17-40)52(46-28-32-48(53-7)33-29-46)47-30-34-49(54-8)35-31-47;1-7-34(39-5)9-8-26-38(33-22-24-35(40-6)25-23-33)32-20-12-28(13-21-32)27-10-16-30(17-11-27)37-31-18-14-29(15-19-31)36(2,3)4/h9-35H,2H2,1,3-8H3;7-26,37H,1H2,2-6H3/b11-10-,37-9+;26-8+,34-9+. The topological polar surface area (TPSA) is 58.7 Å². The van der Waals surface area contributed by atoms with E-state index in [4.69, 9.17) is 18.9 Å². The van der Waals surface area contributed by atoms with Crippen LogP contribution in [0.1, 0.15) is 72.1 Å². The Kier molecular flexibility index (Phi) is 22.5. The molecule has 0 aliphatic heterocycles. The Labute approximate surface area is 559 Å². The fourth-order valence-electron chi connectivity index (χ4n) is 10.8. The first kappa shape index (κ1) is 67.4. The second-order valence-corrected chi connectivity index (χ2v) is 24.9. The van der Waals surface area contributed by atoms with Crippen molar-refractivity contribution in [2.45, 2.75) is 66.2 Å². The molecule has 8 nitrogen and oxygen atoms in total. The molecule has 10 aromatic carbocycles. The van der Waals surface area contributed by atoms with Gasteiger partial charge in [-0.15, -0.1) is 0 Å². The number of ether oxygens (including phenoxy) is 4. The number of nitrogens with one attached hydrogen (secondary N) is 1. The van der Waals surface area contributed by atoms with E-state index in [-0.39, 0.29) is 10.8 Å². The zero-order chi connectivity index (χ0) is 66.8. The third kappa shape index (κ3) is 17.5. The largest absolute Gasteiger partial charge is 0.497 e. The van der Waals surface area contributed by atoms with Gasteiger partial charge in [-0.25, -0.2) is 0 Å². The first-order valence-corrected chi connectivity index (χ1v) is 31.7. The van der Waals surface area contributed by atoms with Crippen molar-refractivity contribution in [1.82, 2.24) is 0 Å². The third-order valence-electron chi connectivity index (χ3n) is 16.2. The summed E-state index contributed by atoms with van der Waals surface area (Å²) in [6.45, 7) is 25.3. The lowest BCUT2D eigenvalue weighted by atomic mass is 9.87. The van der Waals surface area contributed by atoms with E-state index in [0.29, 0.717) is 5.76 Å². The summed E-state index contributed by atoms with van der Waals surface area (Å²) >= 11 is 0. The number of rotatable bonds is 22. The minimum Gasteiger partial charge on any atom is -0.497 e. The second-order valence-electron chi connectivity index (χ2n) is 24.9. The van der Waals surface area contributed by atoms with Gasteiger partial charge in [-0.3, -0.25) is 0 Å². The van der Waals surface area contributed by atoms with Crippen LogP contribution in [0.15, 0.2) is 310 Å². The molecule has 0 radical (unpaired) electrons. The van der Waals surface area contributed by atoms with Crippen molar-refractivity contribution in [1.29, 1.82) is 0 Å². The van der Waals surface area contributed by atoms with Crippen LogP contribution in [0.25, 0.3) is 27.8 Å². The molecule has 0 aliphatic rings. The van der Waals surface area contributed by atoms with E-state index in [9.17, 15) is 0 Å². The van der Waals surface area contributed by atoms with Gasteiger partial charge < -0.3 is 39.0 Å². The van der Waals surface area contributed by atoms with E-state index in [1.54, 1.807) is 34.5 Å². The minimum absolute atomic E-state index is 0.0721. The molecule has 0 unspecified atom stereocenters. The molecule has 0 aliphatic carbocycles. The van der Waals surface area contributed by atoms with E-state index >= 15 is 0 Å². The van der Waals surface area contributed by atoms with Gasteiger partial charge in [0.15, 0.2) is 0 Å². The summed E-state index contributed by atoms with van der Waals surface area (Å²) in [5.41, 5.74) is 21.4. The number of benzene rings is 10. The first-order valence-electron chi connectivity index (χ1n) is 31.7. The molecule has 0 saturated carbocycles. The minimum atomic E-state index is 0.0721. The third-order valence-corrected chi connectivity index (χ3v) is 16.2. The number of hydrogen-bond donors (Lipinski definition) is 1. The molecular formula is C86H88N4O4. The number of allylic oxidation sites excluding steroid dienone is 8. The Morgan fingerprint density at radius 1 is 0.404 bits per heavy atom. The Morgan fingerprint density at radius 3 is 1.04 bits per heavy atom. The highest BCUT2D eigenvalue weighted by molar-refractivity contribution is 5.83. The smallest absolute Gasteiger partial charge is 0.119 e. The highest BCUT2D eigenvalue weighted by Gasteiger charge is 2.19. The summed E-state index contributed by atoms with van der Waals surface area (Å²) in [4.78, 5) is 6.67. The van der Waals surface area contributed by atoms with Gasteiger partial charge in [-0.05, 0) is 245 Å². The molecule has 1 N–H and O–H groups in total. The molecule has 10 rings (SSSR count). The maximum Gasteiger partial charge on any atom is 0.119 e. The average Bonchev–Trinajstić information content (AvgIpc) is 0.923. The van der Waals surface area contributed by atoms with Crippen LogP contribution in [0.2, 0.25) is 0 Å². The van der Waals surface area contributed by atoms with Crippen molar-refractivity contribution in [2.75, 3.05) is 48.5 Å². The Hall–Kier alpha value is -11.0. The maximum atomic E-state index is 5.43. The zero-order valence-electron chi connectivity index (χ0n) is 56.5. The van der Waals surface area contributed by atoms with E-state index in [0.717, 1.165) is 113 Å². The molecule has 476 valence electrons. The van der Waals surface area contributed by atoms with Gasteiger partial charge in [0, 0.05) is 63.1 Å². The van der Waals surface area contributed by atoms with Crippen LogP contribution in [-0.4, -0.2) is 28.4 Å². The molecule has 0 atom stereocenters. The monoisotopic (exact) mass is 1240 g/mol. The van der Waals surface area contributed by atoms with Gasteiger partial charge in [0.05, 0.1) is 28.4 Å². The molecule has 0 fully saturated rings. The molecule has 0 saturated heterocycles. The summed E-state index contributed by atoms with van der Waals surface area (Å²) in [7, 11) is 6.68. The van der Waals surface area contributed by atoms with Crippen LogP contribution in [0.5, 0.6) is 17.2 Å². The van der Waals surface area contributed by atoms with Crippen LogP contribution in [-0.2, 0) is 15.6 Å². The molecule has 10 aromatic rings. The van der Waals surface area contributed by atoms with Gasteiger partial charge in [0.25, 0.3) is 0 Å². The zero-order valence-corrected chi connectivity index (χ0v) is 56.5. The summed E-state index contributed by atoms with van der Waals surface area (Å²) in [6.07, 6.45) is 13.8. The molecular weight excluding hydrogens is 1150 g/mol. The number of nitrogens with zero attached hydrogens (tertiary/aromatic N) is 3. The van der Waals surface area contributed by atoms with E-state index in [1.807, 2.05) is 73.8 Å². The van der Waals surface area contributed by atoms with Crippen molar-refractivity contribution < 1.29 is 18.9 Å². The van der Waals surface area contributed by atoms with Crippen LogP contribution in [0.4, 0.5) is 56.9 Å². The quantitative estimate of drug-likeness (QED) is 0.0532. The van der Waals surface area contributed by atoms with Crippen LogP contribution < -0.4 is 34.2 Å². The lowest BCUT2D eigenvalue weighted by Gasteiger charge is -2.27. The second kappa shape index (κ2) is 31.4. The fourth-order valence-corrected chi connectivity index (χ4v) is 10.8. The molecule has 0 amide bonds. The van der Waals surface area contributed by atoms with Gasteiger partial charge in [0.1, 0.15) is 23.0 Å². The molecule has 0 spiro atoms. The van der Waals surface area contributed by atoms with Crippen molar-refractivity contribution in [3.63, 3.8) is 0 Å². The highest BCUT2D eigenvalue weighted by atomic mass is 16.5. The van der Waals surface area contributed by atoms with Crippen LogP contribution in [0, 0.1) is 0 Å². The summed E-state index contributed by atoms with van der Waals surface area (Å²) in [5, 5.41) is 3.50. The van der Waals surface area contributed by atoms with E-state index in [2.05, 4.69) is 294 Å². The molecule has 8 heteroatoms. The Bertz CT molecular complexity index is 4140. The Balaban J connectivity index is 0.000000232. The summed E-state index contributed by atoms with van der Waals surface area (Å²) in [6, 6.07) is 85.3. The normalized spacial score (nSPS) is 11.7. The van der Waals surface area contributed by atoms with Crippen molar-refractivity contribution >= 4 is 62.4 Å². The van der Waals surface area contributed by atoms with E-state index < -0.39 is 0 Å². The van der Waals surface area contributed by atoms with Crippen LogP contribution in [0.3, 0.4) is 0 Å². The van der Waals surface area contributed by atoms with Gasteiger partial charge in [0.2, 0.25) is 0 Å². The van der Waals surface area contributed by atoms with Crippen molar-refractivity contribution in [3.8, 4) is 39.5 Å². The number of anilines is 10. The average molecular weight is 1240 g/mol. The predicted molar refractivity (Wildman–Crippen MR) is 401 cm³/mol. The van der Waals surface area contributed by atoms with Gasteiger partial charge in [-0.1, -0.05) is 163 Å². The molecule has 94 heavy (non-hydrogen) atoms. The van der Waals surface area contributed by atoms with E-state index in [1.165, 1.54) is 11.1 Å². The summed E-state index contributed by atoms with van der Waals surface area (Å²) < 4.78 is 21.5. The SMILES string of the molecule is C=C(C)/C=C\C(=C/C)c1ccc(N(c2ccc(-c3ccc(N(c4ccc(OC)cc4)c4ccc(OC)cc4)cc3)cc2)c2ccc(C(C)(C)C)cc2)cc1.C=C/C(=C\C=C\N(c1ccc(OC)cc1)c1ccc(-c2ccc(Nc3ccc(C(C)(C)C)cc3)cc2)cc1)OC. The fraction of sp³-hybridized carbons (Fsp3) is 0.163. The predicted octanol–water partition coefficient (Wildman–Crippen LogP) is 23.9. The van der Waals surface area contributed by atoms with Crippen molar-refractivity contribution in [2.24, 2.45) is 0 Å². The number of methoxy groups -OCH3 is 4. The maximum absolute atomic E-state index is 5.43. The first-order chi connectivity index (χ1) is 45.4. The lowest BCUT2D eigenvalue weighted by molar-refractivity contribution is 0.307. The molecule has 0 bridgehead atoms. The Morgan fingerprint density at radius 2 is 0.713 bits per heavy atom. The number of hydrogen-bond acceptors (Lipinski definition) is 8. The summed E-state index contributed by atoms with van der Waals surface area (Å²) in [5.74, 6) is 3.15. The highest BCUT2D eigenvalue weighted by Crippen LogP contribution is 2.41. The van der Waals surface area contributed by atoms with Gasteiger partial charge in [-0.2, -0.15) is 0 Å². The molecule has 0 aromatic heterocycles. The lowest BCUT2D eigenvalue weighted by Crippen LogP contribution is -2.13. The van der Waals surface area contributed by atoms with Crippen molar-refractivity contribution in [3.05, 3.63) is 326 Å². The van der Waals surface area contributed by atoms with Gasteiger partial charge >= 0.3 is 0 Å².